The number of aromatic nitrogens is 5. The molecule has 1 aromatic carbocycles. The maximum atomic E-state index is 12.6. The summed E-state index contributed by atoms with van der Waals surface area (Å²) >= 11 is 2.89. The van der Waals surface area contributed by atoms with Gasteiger partial charge in [-0.15, -0.1) is 16.8 Å². The Labute approximate surface area is 197 Å². The normalized spacial score (nSPS) is 10.9. The van der Waals surface area contributed by atoms with E-state index in [2.05, 4.69) is 39.0 Å². The van der Waals surface area contributed by atoms with Crippen LogP contribution in [0.15, 0.2) is 47.2 Å². The van der Waals surface area contributed by atoms with Crippen LogP contribution in [0.5, 0.6) is 0 Å². The van der Waals surface area contributed by atoms with E-state index in [1.165, 1.54) is 23.5 Å². The number of rotatable bonds is 10. The second kappa shape index (κ2) is 11.3. The number of benzene rings is 1. The summed E-state index contributed by atoms with van der Waals surface area (Å²) in [6, 6.07) is 8.01. The average Bonchev–Trinajstić information content (AvgIpc) is 3.13. The number of carbonyl (C=O) groups is 1. The van der Waals surface area contributed by atoms with Crippen LogP contribution in [0, 0.1) is 20.8 Å². The van der Waals surface area contributed by atoms with E-state index in [9.17, 15) is 4.79 Å². The van der Waals surface area contributed by atoms with E-state index in [4.69, 9.17) is 0 Å². The van der Waals surface area contributed by atoms with Crippen molar-refractivity contribution in [1.82, 2.24) is 24.7 Å². The first-order valence-electron chi connectivity index (χ1n) is 10.4. The summed E-state index contributed by atoms with van der Waals surface area (Å²) in [5.41, 5.74) is 4.97. The molecule has 7 nitrogen and oxygen atoms in total. The Balaban J connectivity index is 1.66. The Morgan fingerprint density at radius 1 is 1.16 bits per heavy atom. The minimum atomic E-state index is -0.0632. The topological polar surface area (TPSA) is 85.6 Å². The Kier molecular flexibility index (Phi) is 8.46. The number of nitrogens with zero attached hydrogens (tertiary/aromatic N) is 5. The fraction of sp³-hybridized carbons (Fsp3) is 0.348. The molecule has 168 valence electrons. The molecule has 2 aromatic heterocycles. The zero-order valence-corrected chi connectivity index (χ0v) is 20.5. The van der Waals surface area contributed by atoms with Crippen molar-refractivity contribution in [3.63, 3.8) is 0 Å². The van der Waals surface area contributed by atoms with Gasteiger partial charge in [-0.3, -0.25) is 4.79 Å². The molecule has 0 aliphatic heterocycles. The van der Waals surface area contributed by atoms with E-state index in [-0.39, 0.29) is 11.7 Å². The van der Waals surface area contributed by atoms with E-state index in [1.807, 2.05) is 49.6 Å². The molecule has 0 aliphatic rings. The zero-order valence-electron chi connectivity index (χ0n) is 18.9. The molecule has 3 rings (SSSR count). The first kappa shape index (κ1) is 24.0. The number of hydrogen-bond donors (Lipinski definition) is 1. The summed E-state index contributed by atoms with van der Waals surface area (Å²) in [5.74, 6) is 1.57. The number of anilines is 1. The Bertz CT molecular complexity index is 1090. The zero-order chi connectivity index (χ0) is 23.1. The summed E-state index contributed by atoms with van der Waals surface area (Å²) in [5, 5.41) is 13.1. The van der Waals surface area contributed by atoms with Crippen molar-refractivity contribution >= 4 is 35.1 Å². The van der Waals surface area contributed by atoms with Crippen LogP contribution in [0.3, 0.4) is 0 Å². The van der Waals surface area contributed by atoms with Gasteiger partial charge < -0.3 is 9.88 Å². The Morgan fingerprint density at radius 2 is 1.91 bits per heavy atom. The van der Waals surface area contributed by atoms with Crippen LogP contribution in [0.2, 0.25) is 0 Å². The lowest BCUT2D eigenvalue weighted by atomic mass is 10.1. The molecule has 0 atom stereocenters. The van der Waals surface area contributed by atoms with Gasteiger partial charge in [0.2, 0.25) is 5.91 Å². The highest BCUT2D eigenvalue weighted by Crippen LogP contribution is 2.25. The molecular weight excluding hydrogens is 440 g/mol. The smallest absolute Gasteiger partial charge is 0.234 e. The lowest BCUT2D eigenvalue weighted by Gasteiger charge is -2.13. The third-order valence-corrected chi connectivity index (χ3v) is 6.54. The second-order valence-electron chi connectivity index (χ2n) is 7.32. The molecule has 1 N–H and O–H groups in total. The predicted molar refractivity (Wildman–Crippen MR) is 131 cm³/mol. The molecule has 0 bridgehead atoms. The van der Waals surface area contributed by atoms with E-state index in [0.29, 0.717) is 22.6 Å². The fourth-order valence-electron chi connectivity index (χ4n) is 3.24. The van der Waals surface area contributed by atoms with Gasteiger partial charge in [0, 0.05) is 23.6 Å². The van der Waals surface area contributed by atoms with Crippen molar-refractivity contribution in [2.75, 3.05) is 11.1 Å². The first-order chi connectivity index (χ1) is 15.4. The number of carbonyl (C=O) groups excluding carboxylic acids is 1. The number of para-hydroxylation sites is 1. The third-order valence-electron chi connectivity index (χ3n) is 4.73. The predicted octanol–water partition coefficient (Wildman–Crippen LogP) is 4.76. The van der Waals surface area contributed by atoms with E-state index in [0.717, 1.165) is 40.4 Å². The number of thioether (sulfide) groups is 2. The van der Waals surface area contributed by atoms with Crippen molar-refractivity contribution in [2.24, 2.45) is 0 Å². The Morgan fingerprint density at radius 3 is 2.59 bits per heavy atom. The number of hydrogen-bond acceptors (Lipinski definition) is 7. The highest BCUT2D eigenvalue weighted by atomic mass is 32.2. The number of nitrogens with one attached hydrogen (secondary N) is 1. The van der Waals surface area contributed by atoms with Crippen LogP contribution in [0.1, 0.15) is 35.3 Å². The quantitative estimate of drug-likeness (QED) is 0.261. The van der Waals surface area contributed by atoms with Crippen molar-refractivity contribution < 1.29 is 4.79 Å². The maximum absolute atomic E-state index is 12.6. The molecule has 1 amide bonds. The molecule has 2 heterocycles. The molecule has 0 radical (unpaired) electrons. The molecule has 0 unspecified atom stereocenters. The van der Waals surface area contributed by atoms with Gasteiger partial charge in [0.25, 0.3) is 0 Å². The summed E-state index contributed by atoms with van der Waals surface area (Å²) < 4.78 is 1.98. The van der Waals surface area contributed by atoms with Crippen molar-refractivity contribution in [1.29, 1.82) is 0 Å². The van der Waals surface area contributed by atoms with Crippen LogP contribution >= 0.6 is 23.5 Å². The average molecular weight is 469 g/mol. The largest absolute Gasteiger partial charge is 0.325 e. The molecular formula is C23H28N6OS2. The second-order valence-corrected chi connectivity index (χ2v) is 9.20. The molecule has 0 aliphatic carbocycles. The number of allylic oxidation sites excluding steroid dienone is 1. The minimum Gasteiger partial charge on any atom is -0.325 e. The third kappa shape index (κ3) is 6.20. The van der Waals surface area contributed by atoms with Crippen LogP contribution in [0.25, 0.3) is 0 Å². The van der Waals surface area contributed by atoms with E-state index < -0.39 is 0 Å². The highest BCUT2D eigenvalue weighted by Gasteiger charge is 2.15. The first-order valence-corrected chi connectivity index (χ1v) is 12.4. The summed E-state index contributed by atoms with van der Waals surface area (Å²) in [7, 11) is 0. The molecule has 0 saturated carbocycles. The molecule has 9 heteroatoms. The molecule has 0 saturated heterocycles. The lowest BCUT2D eigenvalue weighted by molar-refractivity contribution is -0.113. The van der Waals surface area contributed by atoms with Crippen molar-refractivity contribution in [3.8, 4) is 0 Å². The van der Waals surface area contributed by atoms with Crippen LogP contribution in [-0.2, 0) is 23.5 Å². The summed E-state index contributed by atoms with van der Waals surface area (Å²) in [6.45, 7) is 12.4. The maximum Gasteiger partial charge on any atom is 0.234 e. The van der Waals surface area contributed by atoms with Crippen LogP contribution < -0.4 is 5.32 Å². The minimum absolute atomic E-state index is 0.0632. The van der Waals surface area contributed by atoms with Gasteiger partial charge in [0.05, 0.1) is 11.5 Å². The lowest BCUT2D eigenvalue weighted by Crippen LogP contribution is -2.16. The van der Waals surface area contributed by atoms with Gasteiger partial charge in [-0.25, -0.2) is 9.97 Å². The summed E-state index contributed by atoms with van der Waals surface area (Å²) in [4.78, 5) is 21.6. The SMILES string of the molecule is C=CCn1c(CSc2nc(C)cc(C)n2)nnc1SCC(=O)Nc1c(C)cccc1CC. The fourth-order valence-corrected chi connectivity index (χ4v) is 4.90. The molecule has 0 fully saturated rings. The number of amides is 1. The van der Waals surface area contributed by atoms with Gasteiger partial charge in [0.15, 0.2) is 10.3 Å². The van der Waals surface area contributed by atoms with E-state index >= 15 is 0 Å². The highest BCUT2D eigenvalue weighted by molar-refractivity contribution is 7.99. The van der Waals surface area contributed by atoms with Crippen LogP contribution in [0.4, 0.5) is 5.69 Å². The van der Waals surface area contributed by atoms with Gasteiger partial charge in [-0.2, -0.15) is 0 Å². The van der Waals surface area contributed by atoms with Gasteiger partial charge >= 0.3 is 0 Å². The standard InChI is InChI=1S/C23H28N6OS2/c1-6-11-29-19(13-31-22-24-16(4)12-17(5)25-22)27-28-23(29)32-14-20(30)26-21-15(3)9-8-10-18(21)7-2/h6,8-10,12H,1,7,11,13-14H2,2-5H3,(H,26,30). The van der Waals surface area contributed by atoms with Crippen molar-refractivity contribution in [3.05, 3.63) is 65.3 Å². The van der Waals surface area contributed by atoms with Gasteiger partial charge in [-0.05, 0) is 44.4 Å². The van der Waals surface area contributed by atoms with E-state index in [1.54, 1.807) is 6.08 Å². The molecule has 0 spiro atoms. The molecule has 32 heavy (non-hydrogen) atoms. The van der Waals surface area contributed by atoms with Crippen LogP contribution in [-0.4, -0.2) is 36.4 Å². The Hall–Kier alpha value is -2.65. The molecule has 3 aromatic rings. The number of aryl methyl sites for hydroxylation is 4. The van der Waals surface area contributed by atoms with Gasteiger partial charge in [-0.1, -0.05) is 54.7 Å². The summed E-state index contributed by atoms with van der Waals surface area (Å²) in [6.07, 6.45) is 2.67. The monoisotopic (exact) mass is 468 g/mol. The van der Waals surface area contributed by atoms with Crippen molar-refractivity contribution in [2.45, 2.75) is 56.7 Å². The van der Waals surface area contributed by atoms with Gasteiger partial charge in [0.1, 0.15) is 5.82 Å².